The number of hydrogen-bond acceptors (Lipinski definition) is 1. The highest BCUT2D eigenvalue weighted by Crippen LogP contribution is 2.24. The summed E-state index contributed by atoms with van der Waals surface area (Å²) in [7, 11) is 0. The van der Waals surface area contributed by atoms with Crippen molar-refractivity contribution in [1.29, 1.82) is 0 Å². The first-order chi connectivity index (χ1) is 7.11. The zero-order valence-electron chi connectivity index (χ0n) is 8.67. The molecule has 1 aromatic carbocycles. The zero-order valence-corrected chi connectivity index (χ0v) is 9.43. The number of nitrogens with one attached hydrogen (secondary N) is 1. The van der Waals surface area contributed by atoms with E-state index in [0.717, 1.165) is 16.6 Å². The van der Waals surface area contributed by atoms with Gasteiger partial charge in [-0.25, -0.2) is 0 Å². The summed E-state index contributed by atoms with van der Waals surface area (Å²) in [5, 5.41) is 0.468. The Morgan fingerprint density at radius 3 is 2.73 bits per heavy atom. The molecule has 0 fully saturated rings. The first-order valence-corrected chi connectivity index (χ1v) is 5.30. The van der Waals surface area contributed by atoms with Crippen LogP contribution in [0.25, 0.3) is 10.9 Å². The molecular formula is C12H12ClNO. The molecule has 0 radical (unpaired) electrons. The van der Waals surface area contributed by atoms with Gasteiger partial charge >= 0.3 is 0 Å². The van der Waals surface area contributed by atoms with Crippen molar-refractivity contribution in [3.8, 4) is 0 Å². The molecular weight excluding hydrogens is 210 g/mol. The van der Waals surface area contributed by atoms with Crippen molar-refractivity contribution >= 4 is 28.3 Å². The molecule has 1 heterocycles. The Morgan fingerprint density at radius 2 is 2.07 bits per heavy atom. The number of carbonyl (C=O) groups excluding carboxylic acids is 1. The smallest absolute Gasteiger partial charge is 0.182 e. The van der Waals surface area contributed by atoms with Crippen LogP contribution in [0.2, 0.25) is 0 Å². The molecule has 2 aromatic rings. The van der Waals surface area contributed by atoms with E-state index in [4.69, 9.17) is 11.6 Å². The maximum absolute atomic E-state index is 11.9. The number of fused-ring (bicyclic) bond motifs is 1. The number of halogens is 1. The molecule has 0 saturated carbocycles. The lowest BCUT2D eigenvalue weighted by atomic mass is 10.1. The fraction of sp³-hybridized carbons (Fsp3) is 0.250. The van der Waals surface area contributed by atoms with E-state index in [2.05, 4.69) is 4.98 Å². The molecule has 0 spiro atoms. The zero-order chi connectivity index (χ0) is 11.0. The van der Waals surface area contributed by atoms with E-state index in [1.807, 2.05) is 31.2 Å². The summed E-state index contributed by atoms with van der Waals surface area (Å²) in [6.45, 7) is 3.59. The van der Waals surface area contributed by atoms with Crippen LogP contribution in [0.5, 0.6) is 0 Å². The Hall–Kier alpha value is -1.28. The van der Waals surface area contributed by atoms with Gasteiger partial charge in [-0.1, -0.05) is 18.2 Å². The molecule has 1 aromatic heterocycles. The van der Waals surface area contributed by atoms with Crippen molar-refractivity contribution < 1.29 is 4.79 Å². The first-order valence-electron chi connectivity index (χ1n) is 4.87. The van der Waals surface area contributed by atoms with Gasteiger partial charge in [0.05, 0.1) is 5.38 Å². The summed E-state index contributed by atoms with van der Waals surface area (Å²) in [6, 6.07) is 7.76. The number of para-hydroxylation sites is 1. The molecule has 15 heavy (non-hydrogen) atoms. The van der Waals surface area contributed by atoms with Crippen LogP contribution >= 0.6 is 11.6 Å². The number of aryl methyl sites for hydroxylation is 1. The van der Waals surface area contributed by atoms with Gasteiger partial charge in [-0.05, 0) is 19.9 Å². The molecule has 2 rings (SSSR count). The fourth-order valence-electron chi connectivity index (χ4n) is 1.79. The maximum atomic E-state index is 11.9. The highest BCUT2D eigenvalue weighted by molar-refractivity contribution is 6.35. The van der Waals surface area contributed by atoms with Crippen LogP contribution in [-0.4, -0.2) is 16.1 Å². The maximum Gasteiger partial charge on any atom is 0.182 e. The van der Waals surface area contributed by atoms with Crippen molar-refractivity contribution in [2.24, 2.45) is 0 Å². The van der Waals surface area contributed by atoms with Gasteiger partial charge in [0.15, 0.2) is 5.78 Å². The Labute approximate surface area is 93.2 Å². The van der Waals surface area contributed by atoms with Crippen LogP contribution in [0.4, 0.5) is 0 Å². The number of ketones is 1. The van der Waals surface area contributed by atoms with E-state index in [0.29, 0.717) is 5.56 Å². The molecule has 3 heteroatoms. The van der Waals surface area contributed by atoms with Gasteiger partial charge in [-0.2, -0.15) is 0 Å². The Balaban J connectivity index is 2.69. The molecule has 78 valence electrons. The van der Waals surface area contributed by atoms with Crippen molar-refractivity contribution in [1.82, 2.24) is 4.98 Å². The van der Waals surface area contributed by atoms with E-state index in [1.165, 1.54) is 0 Å². The first kappa shape index (κ1) is 10.2. The minimum Gasteiger partial charge on any atom is -0.358 e. The summed E-state index contributed by atoms with van der Waals surface area (Å²) >= 11 is 5.83. The minimum absolute atomic E-state index is 0.0217. The van der Waals surface area contributed by atoms with Crippen LogP contribution in [0.15, 0.2) is 24.3 Å². The third kappa shape index (κ3) is 1.65. The van der Waals surface area contributed by atoms with Gasteiger partial charge in [-0.3, -0.25) is 4.79 Å². The monoisotopic (exact) mass is 221 g/mol. The molecule has 0 amide bonds. The number of hydrogen-bond donors (Lipinski definition) is 1. The Morgan fingerprint density at radius 1 is 1.40 bits per heavy atom. The number of Topliss-reactive ketones (excluding diaryl/α,β-unsaturated/α-hetero) is 1. The van der Waals surface area contributed by atoms with E-state index in [9.17, 15) is 4.79 Å². The highest BCUT2D eigenvalue weighted by atomic mass is 35.5. The third-order valence-electron chi connectivity index (χ3n) is 2.50. The highest BCUT2D eigenvalue weighted by Gasteiger charge is 2.19. The van der Waals surface area contributed by atoms with Crippen LogP contribution in [0.3, 0.4) is 0 Å². The minimum atomic E-state index is -0.483. The number of aromatic nitrogens is 1. The van der Waals surface area contributed by atoms with Crippen LogP contribution in [0, 0.1) is 6.92 Å². The summed E-state index contributed by atoms with van der Waals surface area (Å²) < 4.78 is 0. The van der Waals surface area contributed by atoms with Gasteiger partial charge < -0.3 is 4.98 Å². The lowest BCUT2D eigenvalue weighted by Gasteiger charge is -2.02. The average Bonchev–Trinajstić information content (AvgIpc) is 2.52. The van der Waals surface area contributed by atoms with Crippen LogP contribution in [-0.2, 0) is 0 Å². The van der Waals surface area contributed by atoms with E-state index in [1.54, 1.807) is 6.92 Å². The number of benzene rings is 1. The molecule has 1 atom stereocenters. The second-order valence-electron chi connectivity index (χ2n) is 3.65. The average molecular weight is 222 g/mol. The summed E-state index contributed by atoms with van der Waals surface area (Å²) in [5.74, 6) is -0.0217. The fourth-order valence-corrected chi connectivity index (χ4v) is 1.90. The molecule has 1 N–H and O–H groups in total. The lowest BCUT2D eigenvalue weighted by Crippen LogP contribution is -2.11. The molecule has 0 saturated heterocycles. The summed E-state index contributed by atoms with van der Waals surface area (Å²) in [5.41, 5.74) is 2.58. The predicted molar refractivity (Wildman–Crippen MR) is 62.7 cm³/mol. The van der Waals surface area contributed by atoms with E-state index in [-0.39, 0.29) is 5.78 Å². The number of H-pyrrole nitrogens is 1. The molecule has 0 aliphatic carbocycles. The van der Waals surface area contributed by atoms with Crippen LogP contribution in [0.1, 0.15) is 23.0 Å². The topological polar surface area (TPSA) is 32.9 Å². The van der Waals surface area contributed by atoms with Crippen molar-refractivity contribution in [2.75, 3.05) is 0 Å². The van der Waals surface area contributed by atoms with Crippen molar-refractivity contribution in [2.45, 2.75) is 19.2 Å². The SMILES string of the molecule is Cc1[nH]c2ccccc2c1C(=O)C(C)Cl. The number of alkyl halides is 1. The van der Waals surface area contributed by atoms with Gasteiger partial charge in [0.1, 0.15) is 0 Å². The van der Waals surface area contributed by atoms with E-state index >= 15 is 0 Å². The van der Waals surface area contributed by atoms with Gasteiger partial charge in [-0.15, -0.1) is 11.6 Å². The third-order valence-corrected chi connectivity index (χ3v) is 2.70. The summed E-state index contributed by atoms with van der Waals surface area (Å²) in [4.78, 5) is 15.1. The predicted octanol–water partition coefficient (Wildman–Crippen LogP) is 3.29. The molecule has 1 unspecified atom stereocenters. The van der Waals surface area contributed by atoms with E-state index < -0.39 is 5.38 Å². The standard InChI is InChI=1S/C12H12ClNO/c1-7(13)12(15)11-8(2)14-10-6-4-3-5-9(10)11/h3-7,14H,1-2H3. The Kier molecular flexibility index (Phi) is 2.53. The van der Waals surface area contributed by atoms with Gasteiger partial charge in [0.2, 0.25) is 0 Å². The molecule has 2 nitrogen and oxygen atoms in total. The molecule has 0 aliphatic heterocycles. The number of carbonyl (C=O) groups is 1. The van der Waals surface area contributed by atoms with Gasteiger partial charge in [0.25, 0.3) is 0 Å². The number of rotatable bonds is 2. The van der Waals surface area contributed by atoms with Crippen molar-refractivity contribution in [3.05, 3.63) is 35.5 Å². The largest absolute Gasteiger partial charge is 0.358 e. The normalized spacial score (nSPS) is 13.0. The van der Waals surface area contributed by atoms with Crippen LogP contribution < -0.4 is 0 Å². The van der Waals surface area contributed by atoms with Crippen molar-refractivity contribution in [3.63, 3.8) is 0 Å². The molecule has 0 bridgehead atoms. The quantitative estimate of drug-likeness (QED) is 0.613. The molecule has 0 aliphatic rings. The lowest BCUT2D eigenvalue weighted by molar-refractivity contribution is 0.0993. The van der Waals surface area contributed by atoms with Gasteiger partial charge in [0, 0.05) is 22.2 Å². The second-order valence-corrected chi connectivity index (χ2v) is 4.31. The summed E-state index contributed by atoms with van der Waals surface area (Å²) in [6.07, 6.45) is 0. The number of aromatic amines is 1. The Bertz CT molecular complexity index is 513. The second kappa shape index (κ2) is 3.70.